The summed E-state index contributed by atoms with van der Waals surface area (Å²) in [5.74, 6) is 0. The van der Waals surface area contributed by atoms with Crippen molar-refractivity contribution in [3.8, 4) is 0 Å². The Hall–Kier alpha value is -0.0500. The quantitative estimate of drug-likeness (QED) is 0.781. The predicted molar refractivity (Wildman–Crippen MR) is 53.5 cm³/mol. The molecule has 1 unspecified atom stereocenters. The van der Waals surface area contributed by atoms with Gasteiger partial charge in [-0.15, -0.1) is 23.7 Å². The second-order valence-electron chi connectivity index (χ2n) is 2.45. The van der Waals surface area contributed by atoms with Gasteiger partial charge in [0, 0.05) is 10.9 Å². The van der Waals surface area contributed by atoms with E-state index in [9.17, 15) is 0 Å². The van der Waals surface area contributed by atoms with Gasteiger partial charge in [0.2, 0.25) is 0 Å². The Balaban J connectivity index is 0.000001000. The zero-order valence-corrected chi connectivity index (χ0v) is 8.25. The van der Waals surface area contributed by atoms with Crippen molar-refractivity contribution in [2.75, 3.05) is 0 Å². The van der Waals surface area contributed by atoms with Crippen molar-refractivity contribution in [3.05, 3.63) is 22.4 Å². The largest absolute Gasteiger partial charge is 0.327 e. The molecule has 0 saturated heterocycles. The highest BCUT2D eigenvalue weighted by atomic mass is 35.5. The van der Waals surface area contributed by atoms with E-state index in [0.29, 0.717) is 6.04 Å². The average Bonchev–Trinajstić information content (AvgIpc) is 2.40. The maximum Gasteiger partial charge on any atom is 0.00845 e. The van der Waals surface area contributed by atoms with Crippen molar-refractivity contribution in [1.29, 1.82) is 0 Å². The Morgan fingerprint density at radius 1 is 1.64 bits per heavy atom. The standard InChI is InChI=1S/C8H13NS.ClH/c1-2-7(9)6-8-4-3-5-10-8;/h3-5,7H,2,6,9H2,1H3;1H. The van der Waals surface area contributed by atoms with Crippen molar-refractivity contribution in [3.63, 3.8) is 0 Å². The van der Waals surface area contributed by atoms with Crippen LogP contribution < -0.4 is 5.73 Å². The summed E-state index contributed by atoms with van der Waals surface area (Å²) >= 11 is 1.79. The van der Waals surface area contributed by atoms with Gasteiger partial charge < -0.3 is 5.73 Å². The Morgan fingerprint density at radius 2 is 2.36 bits per heavy atom. The van der Waals surface area contributed by atoms with E-state index in [2.05, 4.69) is 24.4 Å². The third-order valence-electron chi connectivity index (χ3n) is 1.57. The molecular formula is C8H14ClNS. The highest BCUT2D eigenvalue weighted by Gasteiger charge is 2.00. The van der Waals surface area contributed by atoms with Crippen LogP contribution in [-0.2, 0) is 6.42 Å². The average molecular weight is 192 g/mol. The van der Waals surface area contributed by atoms with E-state index in [1.54, 1.807) is 11.3 Å². The summed E-state index contributed by atoms with van der Waals surface area (Å²) in [4.78, 5) is 1.40. The number of rotatable bonds is 3. The molecule has 0 radical (unpaired) electrons. The zero-order chi connectivity index (χ0) is 7.40. The predicted octanol–water partition coefficient (Wildman–Crippen LogP) is 2.45. The van der Waals surface area contributed by atoms with Crippen LogP contribution in [0.3, 0.4) is 0 Å². The molecule has 3 heteroatoms. The van der Waals surface area contributed by atoms with E-state index in [1.165, 1.54) is 4.88 Å². The first-order chi connectivity index (χ1) is 4.83. The van der Waals surface area contributed by atoms with E-state index in [1.807, 2.05) is 0 Å². The molecule has 0 fully saturated rings. The van der Waals surface area contributed by atoms with Crippen molar-refractivity contribution >= 4 is 23.7 Å². The fourth-order valence-electron chi connectivity index (χ4n) is 0.831. The molecule has 0 saturated carbocycles. The topological polar surface area (TPSA) is 26.0 Å². The van der Waals surface area contributed by atoms with Gasteiger partial charge in [-0.3, -0.25) is 0 Å². The molecule has 0 aliphatic heterocycles. The first kappa shape index (κ1) is 11.0. The van der Waals surface area contributed by atoms with Gasteiger partial charge >= 0.3 is 0 Å². The van der Waals surface area contributed by atoms with Gasteiger partial charge in [0.15, 0.2) is 0 Å². The minimum atomic E-state index is 0. The summed E-state index contributed by atoms with van der Waals surface area (Å²) < 4.78 is 0. The molecule has 1 nitrogen and oxygen atoms in total. The SMILES string of the molecule is CCC(N)Cc1cccs1.Cl. The zero-order valence-electron chi connectivity index (χ0n) is 6.62. The maximum absolute atomic E-state index is 5.77. The smallest absolute Gasteiger partial charge is 0.00845 e. The maximum atomic E-state index is 5.77. The number of halogens is 1. The van der Waals surface area contributed by atoms with Gasteiger partial charge in [0.05, 0.1) is 0 Å². The Morgan fingerprint density at radius 3 is 2.82 bits per heavy atom. The van der Waals surface area contributed by atoms with Crippen LogP contribution in [0.25, 0.3) is 0 Å². The first-order valence-electron chi connectivity index (χ1n) is 3.61. The fraction of sp³-hybridized carbons (Fsp3) is 0.500. The number of nitrogens with two attached hydrogens (primary N) is 1. The molecule has 2 N–H and O–H groups in total. The van der Waals surface area contributed by atoms with E-state index >= 15 is 0 Å². The first-order valence-corrected chi connectivity index (χ1v) is 4.49. The summed E-state index contributed by atoms with van der Waals surface area (Å²) in [5.41, 5.74) is 5.77. The van der Waals surface area contributed by atoms with Crippen LogP contribution in [0.15, 0.2) is 17.5 Å². The Kier molecular flexibility index (Phi) is 5.56. The van der Waals surface area contributed by atoms with Crippen molar-refractivity contribution in [2.45, 2.75) is 25.8 Å². The molecular weight excluding hydrogens is 178 g/mol. The summed E-state index contributed by atoms with van der Waals surface area (Å²) in [7, 11) is 0. The number of hydrogen-bond acceptors (Lipinski definition) is 2. The Labute approximate surface area is 78.0 Å². The lowest BCUT2D eigenvalue weighted by atomic mass is 10.1. The van der Waals surface area contributed by atoms with E-state index in [4.69, 9.17) is 5.73 Å². The summed E-state index contributed by atoms with van der Waals surface area (Å²) in [6.07, 6.45) is 2.10. The lowest BCUT2D eigenvalue weighted by molar-refractivity contribution is 0.652. The molecule has 0 aromatic carbocycles. The normalized spacial score (nSPS) is 12.2. The lowest BCUT2D eigenvalue weighted by Gasteiger charge is -2.04. The molecule has 11 heavy (non-hydrogen) atoms. The fourth-order valence-corrected chi connectivity index (χ4v) is 1.63. The summed E-state index contributed by atoms with van der Waals surface area (Å²) in [6, 6.07) is 4.56. The van der Waals surface area contributed by atoms with E-state index < -0.39 is 0 Å². The van der Waals surface area contributed by atoms with Gasteiger partial charge in [0.1, 0.15) is 0 Å². The van der Waals surface area contributed by atoms with Crippen LogP contribution in [-0.4, -0.2) is 6.04 Å². The number of hydrogen-bond donors (Lipinski definition) is 1. The second kappa shape index (κ2) is 5.58. The molecule has 1 heterocycles. The third-order valence-corrected chi connectivity index (χ3v) is 2.47. The third kappa shape index (κ3) is 3.75. The van der Waals surface area contributed by atoms with Crippen LogP contribution in [0.1, 0.15) is 18.2 Å². The van der Waals surface area contributed by atoms with Crippen LogP contribution in [0, 0.1) is 0 Å². The molecule has 1 rings (SSSR count). The molecule has 64 valence electrons. The van der Waals surface area contributed by atoms with Crippen LogP contribution >= 0.6 is 23.7 Å². The molecule has 1 aromatic rings. The highest BCUT2D eigenvalue weighted by molar-refractivity contribution is 7.09. The van der Waals surface area contributed by atoms with Gasteiger partial charge in [0.25, 0.3) is 0 Å². The second-order valence-corrected chi connectivity index (χ2v) is 3.48. The molecule has 0 bridgehead atoms. The van der Waals surface area contributed by atoms with Gasteiger partial charge in [-0.2, -0.15) is 0 Å². The van der Waals surface area contributed by atoms with Crippen molar-refractivity contribution < 1.29 is 0 Å². The van der Waals surface area contributed by atoms with Crippen LogP contribution in [0.4, 0.5) is 0 Å². The van der Waals surface area contributed by atoms with Crippen LogP contribution in [0.2, 0.25) is 0 Å². The Bertz CT molecular complexity index is 174. The van der Waals surface area contributed by atoms with Crippen LogP contribution in [0.5, 0.6) is 0 Å². The minimum Gasteiger partial charge on any atom is -0.327 e. The molecule has 0 spiro atoms. The van der Waals surface area contributed by atoms with E-state index in [0.717, 1.165) is 12.8 Å². The molecule has 0 aliphatic carbocycles. The molecule has 0 amide bonds. The number of thiophene rings is 1. The lowest BCUT2D eigenvalue weighted by Crippen LogP contribution is -2.20. The highest BCUT2D eigenvalue weighted by Crippen LogP contribution is 2.10. The summed E-state index contributed by atoms with van der Waals surface area (Å²) in [6.45, 7) is 2.12. The van der Waals surface area contributed by atoms with Crippen molar-refractivity contribution in [2.24, 2.45) is 5.73 Å². The summed E-state index contributed by atoms with van der Waals surface area (Å²) in [5, 5.41) is 2.09. The monoisotopic (exact) mass is 191 g/mol. The van der Waals surface area contributed by atoms with E-state index in [-0.39, 0.29) is 12.4 Å². The minimum absolute atomic E-state index is 0. The molecule has 0 aliphatic rings. The van der Waals surface area contributed by atoms with Crippen molar-refractivity contribution in [1.82, 2.24) is 0 Å². The molecule has 1 aromatic heterocycles. The van der Waals surface area contributed by atoms with Gasteiger partial charge in [-0.05, 0) is 24.3 Å². The van der Waals surface area contributed by atoms with Gasteiger partial charge in [-0.1, -0.05) is 13.0 Å². The van der Waals surface area contributed by atoms with Gasteiger partial charge in [-0.25, -0.2) is 0 Å². The molecule has 1 atom stereocenters.